The number of likely N-dealkylation sites (tertiary alicyclic amines) is 1. The number of nitrogens with zero attached hydrogens (tertiary/aromatic N) is 4. The summed E-state index contributed by atoms with van der Waals surface area (Å²) in [5, 5.41) is 8.18. The summed E-state index contributed by atoms with van der Waals surface area (Å²) in [5.41, 5.74) is 0.838. The Bertz CT molecular complexity index is 1390. The summed E-state index contributed by atoms with van der Waals surface area (Å²) in [4.78, 5) is 19.4. The maximum Gasteiger partial charge on any atom is 0.490 e. The lowest BCUT2D eigenvalue weighted by Crippen LogP contribution is -2.60. The molecule has 4 heterocycles. The van der Waals surface area contributed by atoms with Crippen LogP contribution in [0.4, 0.5) is 18.3 Å². The van der Waals surface area contributed by atoms with Gasteiger partial charge in [-0.15, -0.1) is 0 Å². The van der Waals surface area contributed by atoms with Crippen LogP contribution in [-0.4, -0.2) is 85.2 Å². The topological polar surface area (TPSA) is 94.0 Å². The van der Waals surface area contributed by atoms with Gasteiger partial charge in [0.05, 0.1) is 15.1 Å². The van der Waals surface area contributed by atoms with E-state index in [1.165, 1.54) is 83.8 Å². The molecule has 5 aliphatic rings. The summed E-state index contributed by atoms with van der Waals surface area (Å²) in [6.07, 6.45) is 7.88. The van der Waals surface area contributed by atoms with Gasteiger partial charge in [-0.25, -0.2) is 18.2 Å². The molecular weight excluding hydrogens is 601 g/mol. The number of hydrogen-bond donors (Lipinski definition) is 1. The predicted molar refractivity (Wildman–Crippen MR) is 160 cm³/mol. The molecule has 238 valence electrons. The van der Waals surface area contributed by atoms with Gasteiger partial charge >= 0.3 is 12.1 Å². The number of carbonyl (C=O) groups is 1. The Hall–Kier alpha value is -1.96. The van der Waals surface area contributed by atoms with Gasteiger partial charge < -0.3 is 14.9 Å². The number of carboxylic acid groups (broad SMARTS) is 1. The number of alkyl halides is 3. The minimum absolute atomic E-state index is 0.250. The molecule has 2 unspecified atom stereocenters. The molecule has 3 saturated heterocycles. The lowest BCUT2D eigenvalue weighted by molar-refractivity contribution is -0.192. The monoisotopic (exact) mass is 642 g/mol. The predicted octanol–water partition coefficient (Wildman–Crippen LogP) is 5.83. The summed E-state index contributed by atoms with van der Waals surface area (Å²) >= 11 is 1.71. The number of carboxylic acids is 1. The molecule has 7 rings (SSSR count). The summed E-state index contributed by atoms with van der Waals surface area (Å²) < 4.78 is 61.9. The Morgan fingerprint density at radius 2 is 1.58 bits per heavy atom. The van der Waals surface area contributed by atoms with Crippen LogP contribution in [-0.2, 0) is 14.8 Å². The fourth-order valence-electron chi connectivity index (χ4n) is 7.06. The van der Waals surface area contributed by atoms with Crippen molar-refractivity contribution >= 4 is 42.7 Å². The van der Waals surface area contributed by atoms with E-state index in [2.05, 4.69) is 9.80 Å². The molecule has 2 atom stereocenters. The highest BCUT2D eigenvalue weighted by Crippen LogP contribution is 2.53. The lowest BCUT2D eigenvalue weighted by atomic mass is 9.84. The van der Waals surface area contributed by atoms with Crippen molar-refractivity contribution in [1.82, 2.24) is 14.2 Å². The molecule has 13 heteroatoms. The first-order valence-corrected chi connectivity index (χ1v) is 18.0. The first kappa shape index (κ1) is 31.0. The quantitative estimate of drug-likeness (QED) is 0.406. The molecule has 1 aromatic heterocycles. The minimum atomic E-state index is -5.08. The number of sulfonamides is 1. The number of rotatable bonds is 7. The smallest absolute Gasteiger partial charge is 0.475 e. The molecular formula is C30H41F3N4O4S2. The van der Waals surface area contributed by atoms with Crippen molar-refractivity contribution in [1.29, 1.82) is 0 Å². The van der Waals surface area contributed by atoms with Crippen molar-refractivity contribution in [3.63, 3.8) is 0 Å². The van der Waals surface area contributed by atoms with Crippen molar-refractivity contribution in [3.8, 4) is 0 Å². The third-order valence-corrected chi connectivity index (χ3v) is 12.7. The second-order valence-electron chi connectivity index (χ2n) is 13.0. The van der Waals surface area contributed by atoms with Gasteiger partial charge in [-0.1, -0.05) is 24.2 Å². The number of benzene rings is 1. The van der Waals surface area contributed by atoms with Crippen molar-refractivity contribution in [3.05, 3.63) is 18.2 Å². The highest BCUT2D eigenvalue weighted by atomic mass is 32.2. The van der Waals surface area contributed by atoms with Gasteiger partial charge in [0.25, 0.3) is 0 Å². The average molecular weight is 643 g/mol. The van der Waals surface area contributed by atoms with E-state index in [1.807, 2.05) is 22.5 Å². The Labute approximate surface area is 255 Å². The van der Waals surface area contributed by atoms with E-state index in [1.54, 1.807) is 11.3 Å². The third-order valence-electron chi connectivity index (χ3n) is 9.79. The van der Waals surface area contributed by atoms with Crippen LogP contribution in [0.5, 0.6) is 0 Å². The molecule has 8 nitrogen and oxygen atoms in total. The number of halogens is 3. The number of piperidine rings is 1. The van der Waals surface area contributed by atoms with E-state index in [0.717, 1.165) is 46.8 Å². The zero-order chi connectivity index (χ0) is 30.4. The highest BCUT2D eigenvalue weighted by Gasteiger charge is 2.56. The van der Waals surface area contributed by atoms with Crippen LogP contribution in [0.2, 0.25) is 0 Å². The van der Waals surface area contributed by atoms with Crippen molar-refractivity contribution in [2.45, 2.75) is 81.3 Å². The van der Waals surface area contributed by atoms with Crippen molar-refractivity contribution < 1.29 is 31.5 Å². The van der Waals surface area contributed by atoms with Gasteiger partial charge in [-0.3, -0.25) is 0 Å². The molecule has 0 amide bonds. The number of hydrogen-bond acceptors (Lipinski definition) is 7. The maximum atomic E-state index is 13.6. The molecule has 1 aromatic carbocycles. The summed E-state index contributed by atoms with van der Waals surface area (Å²) in [7, 11) is -3.45. The number of fused-ring (bicyclic) bond motifs is 1. The molecule has 1 N–H and O–H groups in total. The Balaban J connectivity index is 0.000000423. The molecule has 3 aliphatic heterocycles. The molecule has 2 aromatic rings. The molecule has 2 aliphatic carbocycles. The number of anilines is 1. The highest BCUT2D eigenvalue weighted by molar-refractivity contribution is 7.89. The zero-order valence-electron chi connectivity index (χ0n) is 24.3. The zero-order valence-corrected chi connectivity index (χ0v) is 26.0. The van der Waals surface area contributed by atoms with Crippen LogP contribution >= 0.6 is 11.3 Å². The minimum Gasteiger partial charge on any atom is -0.475 e. The Morgan fingerprint density at radius 1 is 0.953 bits per heavy atom. The van der Waals surface area contributed by atoms with E-state index < -0.39 is 22.2 Å². The standard InChI is InChI=1S/C28H40N4O2S2.C2HF3O2/c33-36(34,32-19-24(21-5-6-21)27(32)22-7-8-22)23-9-10-26-25(17-23)29-28(35-26)31-15-11-20(12-16-31)18-30-13-3-1-2-4-14-30;3-2(4,5)1(6)7/h9-10,17,20-22,24,27H,1-8,11-16,18-19H2;(H,6,7). The summed E-state index contributed by atoms with van der Waals surface area (Å²) in [6.45, 7) is 6.66. The third kappa shape index (κ3) is 7.15. The fraction of sp³-hybridized carbons (Fsp3) is 0.733. The summed E-state index contributed by atoms with van der Waals surface area (Å²) in [5.74, 6) is 0.00712. The van der Waals surface area contributed by atoms with E-state index >= 15 is 0 Å². The van der Waals surface area contributed by atoms with Crippen LogP contribution in [0, 0.1) is 23.7 Å². The largest absolute Gasteiger partial charge is 0.490 e. The fourth-order valence-corrected chi connectivity index (χ4v) is 9.85. The lowest BCUT2D eigenvalue weighted by Gasteiger charge is -2.47. The van der Waals surface area contributed by atoms with Gasteiger partial charge in [-0.05, 0) is 106 Å². The van der Waals surface area contributed by atoms with Crippen molar-refractivity contribution in [2.24, 2.45) is 23.7 Å². The Kier molecular flexibility index (Phi) is 8.98. The number of aliphatic carboxylic acids is 1. The summed E-state index contributed by atoms with van der Waals surface area (Å²) in [6, 6.07) is 5.90. The van der Waals surface area contributed by atoms with Gasteiger partial charge in [0.1, 0.15) is 0 Å². The van der Waals surface area contributed by atoms with Crippen molar-refractivity contribution in [2.75, 3.05) is 44.2 Å². The van der Waals surface area contributed by atoms with E-state index in [4.69, 9.17) is 14.9 Å². The second kappa shape index (κ2) is 12.4. The van der Waals surface area contributed by atoms with Gasteiger partial charge in [-0.2, -0.15) is 17.5 Å². The molecule has 0 bridgehead atoms. The first-order valence-electron chi connectivity index (χ1n) is 15.7. The first-order chi connectivity index (χ1) is 20.5. The number of aromatic nitrogens is 1. The van der Waals surface area contributed by atoms with Gasteiger partial charge in [0.2, 0.25) is 10.0 Å². The molecule has 5 fully saturated rings. The van der Waals surface area contributed by atoms with Crippen LogP contribution < -0.4 is 4.90 Å². The maximum absolute atomic E-state index is 13.6. The van der Waals surface area contributed by atoms with Crippen LogP contribution in [0.15, 0.2) is 23.1 Å². The van der Waals surface area contributed by atoms with E-state index in [9.17, 15) is 21.6 Å². The van der Waals surface area contributed by atoms with E-state index in [-0.39, 0.29) is 6.04 Å². The van der Waals surface area contributed by atoms with Gasteiger partial charge in [0, 0.05) is 32.2 Å². The molecule has 0 radical (unpaired) electrons. The number of thiazole rings is 1. The molecule has 0 spiro atoms. The Morgan fingerprint density at radius 3 is 2.16 bits per heavy atom. The van der Waals surface area contributed by atoms with Crippen LogP contribution in [0.25, 0.3) is 10.2 Å². The second-order valence-corrected chi connectivity index (χ2v) is 15.9. The normalized spacial score (nSPS) is 26.4. The van der Waals surface area contributed by atoms with Gasteiger partial charge in [0.15, 0.2) is 5.13 Å². The average Bonchev–Trinajstić information content (AvgIpc) is 3.87. The van der Waals surface area contributed by atoms with Crippen LogP contribution in [0.3, 0.4) is 0 Å². The molecule has 2 saturated carbocycles. The van der Waals surface area contributed by atoms with E-state index in [0.29, 0.717) is 16.7 Å². The van der Waals surface area contributed by atoms with Crippen LogP contribution in [0.1, 0.15) is 64.2 Å². The SMILES string of the molecule is O=C(O)C(F)(F)F.O=S(=O)(c1ccc2sc(N3CCC(CN4CCCCCC4)CC3)nc2c1)N1CC(C2CC2)C1C1CC1. The molecule has 43 heavy (non-hydrogen) atoms.